The summed E-state index contributed by atoms with van der Waals surface area (Å²) in [7, 11) is 0. The van der Waals surface area contributed by atoms with Crippen molar-refractivity contribution in [3.8, 4) is 0 Å². The monoisotopic (exact) mass is 310 g/mol. The van der Waals surface area contributed by atoms with Gasteiger partial charge in [-0.2, -0.15) is 0 Å². The number of hydrogen-bond donors (Lipinski definition) is 2. The van der Waals surface area contributed by atoms with E-state index in [1.165, 1.54) is 11.4 Å². The van der Waals surface area contributed by atoms with Crippen LogP contribution in [0.5, 0.6) is 0 Å². The molecule has 1 amide bonds. The molecule has 9 heteroatoms. The van der Waals surface area contributed by atoms with E-state index in [0.29, 0.717) is 6.07 Å². The van der Waals surface area contributed by atoms with Gasteiger partial charge in [0.05, 0.1) is 22.2 Å². The lowest BCUT2D eigenvalue weighted by Crippen LogP contribution is -2.15. The molecule has 0 saturated carbocycles. The van der Waals surface area contributed by atoms with Gasteiger partial charge >= 0.3 is 5.97 Å². The zero-order valence-electron chi connectivity index (χ0n) is 10.2. The standard InChI is InChI=1S/C12H7FN2O5S/c13-8-5-6(15(19)20)1-2-7(8)11(16)14-9-3-4-21-10(9)12(17)18/h1-5H,(H,14,16)(H,17,18). The van der Waals surface area contributed by atoms with Crippen molar-refractivity contribution in [1.29, 1.82) is 0 Å². The summed E-state index contributed by atoms with van der Waals surface area (Å²) in [6.45, 7) is 0. The van der Waals surface area contributed by atoms with Crippen molar-refractivity contribution in [2.75, 3.05) is 5.32 Å². The number of hydrogen-bond acceptors (Lipinski definition) is 5. The van der Waals surface area contributed by atoms with E-state index in [1.54, 1.807) is 0 Å². The van der Waals surface area contributed by atoms with E-state index in [9.17, 15) is 24.1 Å². The Morgan fingerprint density at radius 1 is 1.33 bits per heavy atom. The Bertz CT molecular complexity index is 743. The number of carboxylic acid groups (broad SMARTS) is 1. The molecule has 0 saturated heterocycles. The molecule has 21 heavy (non-hydrogen) atoms. The highest BCUT2D eigenvalue weighted by Crippen LogP contribution is 2.24. The molecule has 1 heterocycles. The molecule has 7 nitrogen and oxygen atoms in total. The number of nitro benzene ring substituents is 1. The van der Waals surface area contributed by atoms with Crippen molar-refractivity contribution in [2.45, 2.75) is 0 Å². The number of aromatic carboxylic acids is 1. The first-order valence-corrected chi connectivity index (χ1v) is 6.34. The normalized spacial score (nSPS) is 10.1. The van der Waals surface area contributed by atoms with Crippen molar-refractivity contribution in [2.24, 2.45) is 0 Å². The highest BCUT2D eigenvalue weighted by molar-refractivity contribution is 7.12. The van der Waals surface area contributed by atoms with Crippen molar-refractivity contribution in [3.05, 3.63) is 56.0 Å². The van der Waals surface area contributed by atoms with E-state index >= 15 is 0 Å². The number of nitro groups is 1. The number of carboxylic acids is 1. The van der Waals surface area contributed by atoms with Crippen LogP contribution in [0.1, 0.15) is 20.0 Å². The van der Waals surface area contributed by atoms with Gasteiger partial charge < -0.3 is 10.4 Å². The SMILES string of the molecule is O=C(Nc1ccsc1C(=O)O)c1ccc([N+](=O)[O-])cc1F. The van der Waals surface area contributed by atoms with Crippen LogP contribution in [0.25, 0.3) is 0 Å². The average molecular weight is 310 g/mol. The highest BCUT2D eigenvalue weighted by Gasteiger charge is 2.19. The molecule has 2 rings (SSSR count). The zero-order chi connectivity index (χ0) is 15.6. The quantitative estimate of drug-likeness (QED) is 0.666. The van der Waals surface area contributed by atoms with Gasteiger partial charge in [-0.05, 0) is 17.5 Å². The maximum atomic E-state index is 13.7. The Hall–Kier alpha value is -2.81. The van der Waals surface area contributed by atoms with E-state index in [1.807, 2.05) is 0 Å². The molecule has 0 radical (unpaired) electrons. The molecule has 0 atom stereocenters. The molecule has 1 aromatic heterocycles. The third-order valence-electron chi connectivity index (χ3n) is 2.52. The summed E-state index contributed by atoms with van der Waals surface area (Å²) in [5, 5.41) is 23.1. The molecule has 2 aromatic rings. The maximum Gasteiger partial charge on any atom is 0.348 e. The van der Waals surface area contributed by atoms with E-state index in [-0.39, 0.29) is 10.6 Å². The number of carbonyl (C=O) groups is 2. The predicted octanol–water partition coefficient (Wildman–Crippen LogP) is 2.75. The molecule has 2 N–H and O–H groups in total. The first kappa shape index (κ1) is 14.6. The predicted molar refractivity (Wildman–Crippen MR) is 72.3 cm³/mol. The number of benzene rings is 1. The van der Waals surface area contributed by atoms with Crippen LogP contribution in [0.15, 0.2) is 29.6 Å². The van der Waals surface area contributed by atoms with Crippen LogP contribution in [0.4, 0.5) is 15.8 Å². The molecule has 0 bridgehead atoms. The second kappa shape index (κ2) is 5.67. The summed E-state index contributed by atoms with van der Waals surface area (Å²) in [6.07, 6.45) is 0. The first-order valence-electron chi connectivity index (χ1n) is 5.46. The van der Waals surface area contributed by atoms with Gasteiger partial charge in [-0.15, -0.1) is 11.3 Å². The largest absolute Gasteiger partial charge is 0.477 e. The zero-order valence-corrected chi connectivity index (χ0v) is 11.0. The summed E-state index contributed by atoms with van der Waals surface area (Å²) in [5.41, 5.74) is -0.857. The number of thiophene rings is 1. The topological polar surface area (TPSA) is 110 Å². The number of amides is 1. The fourth-order valence-corrected chi connectivity index (χ4v) is 2.25. The van der Waals surface area contributed by atoms with Crippen LogP contribution < -0.4 is 5.32 Å². The second-order valence-electron chi connectivity index (χ2n) is 3.84. The summed E-state index contributed by atoms with van der Waals surface area (Å²) in [4.78, 5) is 32.4. The highest BCUT2D eigenvalue weighted by atomic mass is 32.1. The second-order valence-corrected chi connectivity index (χ2v) is 4.76. The van der Waals surface area contributed by atoms with Gasteiger partial charge in [0.1, 0.15) is 10.7 Å². The summed E-state index contributed by atoms with van der Waals surface area (Å²) in [5.74, 6) is -3.17. The first-order chi connectivity index (χ1) is 9.90. The Labute approximate surface area is 120 Å². The maximum absolute atomic E-state index is 13.7. The van der Waals surface area contributed by atoms with E-state index in [4.69, 9.17) is 5.11 Å². The molecule has 0 spiro atoms. The Morgan fingerprint density at radius 3 is 2.62 bits per heavy atom. The minimum absolute atomic E-state index is 0.0373. The molecule has 0 aliphatic heterocycles. The minimum atomic E-state index is -1.22. The van der Waals surface area contributed by atoms with Gasteiger partial charge in [-0.1, -0.05) is 0 Å². The van der Waals surface area contributed by atoms with Crippen LogP contribution in [0.3, 0.4) is 0 Å². The average Bonchev–Trinajstić information content (AvgIpc) is 2.86. The van der Waals surface area contributed by atoms with Crippen LogP contribution in [0.2, 0.25) is 0 Å². The number of nitrogens with zero attached hydrogens (tertiary/aromatic N) is 1. The fraction of sp³-hybridized carbons (Fsp3) is 0. The molecule has 1 aromatic carbocycles. The van der Waals surface area contributed by atoms with Gasteiger partial charge in [-0.3, -0.25) is 14.9 Å². The van der Waals surface area contributed by atoms with Gasteiger partial charge in [-0.25, -0.2) is 9.18 Å². The lowest BCUT2D eigenvalue weighted by atomic mass is 10.1. The number of nitrogens with one attached hydrogen (secondary N) is 1. The van der Waals surface area contributed by atoms with Crippen LogP contribution >= 0.6 is 11.3 Å². The van der Waals surface area contributed by atoms with Gasteiger partial charge in [0.25, 0.3) is 11.6 Å². The molecule has 108 valence electrons. The molecule has 0 aliphatic rings. The molecular weight excluding hydrogens is 303 g/mol. The van der Waals surface area contributed by atoms with Crippen molar-refractivity contribution in [1.82, 2.24) is 0 Å². The Morgan fingerprint density at radius 2 is 2.05 bits per heavy atom. The Balaban J connectivity index is 2.27. The van der Waals surface area contributed by atoms with E-state index < -0.39 is 33.9 Å². The third-order valence-corrected chi connectivity index (χ3v) is 3.42. The Kier molecular flexibility index (Phi) is 3.94. The van der Waals surface area contributed by atoms with E-state index in [0.717, 1.165) is 23.5 Å². The van der Waals surface area contributed by atoms with Crippen LogP contribution in [-0.2, 0) is 0 Å². The smallest absolute Gasteiger partial charge is 0.348 e. The summed E-state index contributed by atoms with van der Waals surface area (Å²) < 4.78 is 13.7. The summed E-state index contributed by atoms with van der Waals surface area (Å²) >= 11 is 0.908. The fourth-order valence-electron chi connectivity index (χ4n) is 1.56. The number of non-ortho nitro benzene ring substituents is 1. The minimum Gasteiger partial charge on any atom is -0.477 e. The lowest BCUT2D eigenvalue weighted by molar-refractivity contribution is -0.385. The van der Waals surface area contributed by atoms with Gasteiger partial charge in [0, 0.05) is 6.07 Å². The van der Waals surface area contributed by atoms with Crippen molar-refractivity contribution < 1.29 is 24.0 Å². The molecule has 0 unspecified atom stereocenters. The number of halogens is 1. The molecule has 0 aliphatic carbocycles. The number of rotatable bonds is 4. The molecule has 0 fully saturated rings. The van der Waals surface area contributed by atoms with Crippen LogP contribution in [0, 0.1) is 15.9 Å². The number of carbonyl (C=O) groups excluding carboxylic acids is 1. The summed E-state index contributed by atoms with van der Waals surface area (Å²) in [6, 6.07) is 3.95. The van der Waals surface area contributed by atoms with Gasteiger partial charge in [0.2, 0.25) is 0 Å². The van der Waals surface area contributed by atoms with Crippen LogP contribution in [-0.4, -0.2) is 21.9 Å². The van der Waals surface area contributed by atoms with Crippen molar-refractivity contribution in [3.63, 3.8) is 0 Å². The van der Waals surface area contributed by atoms with Gasteiger partial charge in [0.15, 0.2) is 0 Å². The third kappa shape index (κ3) is 3.03. The lowest BCUT2D eigenvalue weighted by Gasteiger charge is -2.05. The van der Waals surface area contributed by atoms with Crippen molar-refractivity contribution >= 4 is 34.6 Å². The van der Waals surface area contributed by atoms with E-state index in [2.05, 4.69) is 5.32 Å². The molecular formula is C12H7FN2O5S. The number of anilines is 1.